The van der Waals surface area contributed by atoms with Crippen molar-refractivity contribution in [3.8, 4) is 5.75 Å². The number of hydrogen-bond acceptors (Lipinski definition) is 4. The van der Waals surface area contributed by atoms with Gasteiger partial charge in [0.1, 0.15) is 17.4 Å². The van der Waals surface area contributed by atoms with E-state index >= 15 is 0 Å². The number of rotatable bonds is 5. The van der Waals surface area contributed by atoms with Crippen molar-refractivity contribution < 1.29 is 23.1 Å². The van der Waals surface area contributed by atoms with Gasteiger partial charge in [-0.05, 0) is 30.3 Å². The summed E-state index contributed by atoms with van der Waals surface area (Å²) >= 11 is 0. The SMILES string of the molecule is COc1cccc(NC(=O)c2cncc(C(=O)Nc3ccc(F)cc3F)c2)c1. The average molecular weight is 383 g/mol. The Morgan fingerprint density at radius 3 is 2.32 bits per heavy atom. The van der Waals surface area contributed by atoms with Crippen LogP contribution in [0.25, 0.3) is 0 Å². The van der Waals surface area contributed by atoms with Crippen molar-refractivity contribution in [2.45, 2.75) is 0 Å². The Kier molecular flexibility index (Phi) is 5.59. The quantitative estimate of drug-likeness (QED) is 0.701. The Morgan fingerprint density at radius 2 is 1.64 bits per heavy atom. The lowest BCUT2D eigenvalue weighted by atomic mass is 10.1. The largest absolute Gasteiger partial charge is 0.497 e. The number of aromatic nitrogens is 1. The number of ether oxygens (including phenoxy) is 1. The van der Waals surface area contributed by atoms with Gasteiger partial charge in [-0.25, -0.2) is 8.78 Å². The highest BCUT2D eigenvalue weighted by molar-refractivity contribution is 6.08. The van der Waals surface area contributed by atoms with Gasteiger partial charge < -0.3 is 15.4 Å². The number of carbonyl (C=O) groups excluding carboxylic acids is 2. The Bertz CT molecular complexity index is 1040. The lowest BCUT2D eigenvalue weighted by Crippen LogP contribution is -2.16. The molecule has 1 heterocycles. The molecule has 2 amide bonds. The molecule has 0 saturated carbocycles. The van der Waals surface area contributed by atoms with E-state index in [1.54, 1.807) is 24.3 Å². The first-order valence-electron chi connectivity index (χ1n) is 8.13. The van der Waals surface area contributed by atoms with Crippen LogP contribution in [0.2, 0.25) is 0 Å². The van der Waals surface area contributed by atoms with Crippen molar-refractivity contribution in [1.29, 1.82) is 0 Å². The molecular weight excluding hydrogens is 368 g/mol. The summed E-state index contributed by atoms with van der Waals surface area (Å²) < 4.78 is 31.8. The first-order chi connectivity index (χ1) is 13.5. The number of nitrogens with zero attached hydrogens (tertiary/aromatic N) is 1. The summed E-state index contributed by atoms with van der Waals surface area (Å²) in [6, 6.07) is 10.9. The predicted octanol–water partition coefficient (Wildman–Crippen LogP) is 3.87. The van der Waals surface area contributed by atoms with E-state index in [0.29, 0.717) is 17.5 Å². The van der Waals surface area contributed by atoms with Crippen LogP contribution in [-0.2, 0) is 0 Å². The highest BCUT2D eigenvalue weighted by Gasteiger charge is 2.14. The zero-order chi connectivity index (χ0) is 20.1. The van der Waals surface area contributed by atoms with E-state index in [9.17, 15) is 18.4 Å². The fourth-order valence-electron chi connectivity index (χ4n) is 2.38. The molecule has 1 aromatic heterocycles. The van der Waals surface area contributed by atoms with Crippen LogP contribution in [0.3, 0.4) is 0 Å². The fraction of sp³-hybridized carbons (Fsp3) is 0.0500. The maximum Gasteiger partial charge on any atom is 0.257 e. The van der Waals surface area contributed by atoms with Crippen LogP contribution < -0.4 is 15.4 Å². The molecule has 0 saturated heterocycles. The molecular formula is C20H15F2N3O3. The maximum atomic E-state index is 13.7. The highest BCUT2D eigenvalue weighted by atomic mass is 19.1. The summed E-state index contributed by atoms with van der Waals surface area (Å²) in [7, 11) is 1.51. The molecule has 0 fully saturated rings. The second-order valence-corrected chi connectivity index (χ2v) is 5.73. The molecule has 0 aliphatic heterocycles. The topological polar surface area (TPSA) is 80.3 Å². The van der Waals surface area contributed by atoms with Crippen molar-refractivity contribution in [1.82, 2.24) is 4.98 Å². The van der Waals surface area contributed by atoms with Gasteiger partial charge in [-0.1, -0.05) is 6.07 Å². The molecule has 0 aliphatic rings. The monoisotopic (exact) mass is 383 g/mol. The molecule has 28 heavy (non-hydrogen) atoms. The number of benzene rings is 2. The summed E-state index contributed by atoms with van der Waals surface area (Å²) in [4.78, 5) is 28.6. The van der Waals surface area contributed by atoms with Crippen LogP contribution in [0.5, 0.6) is 5.75 Å². The summed E-state index contributed by atoms with van der Waals surface area (Å²) in [5.74, 6) is -2.26. The van der Waals surface area contributed by atoms with E-state index < -0.39 is 23.4 Å². The smallest absolute Gasteiger partial charge is 0.257 e. The molecule has 142 valence electrons. The third kappa shape index (κ3) is 4.47. The van der Waals surface area contributed by atoms with Gasteiger partial charge in [-0.3, -0.25) is 14.6 Å². The van der Waals surface area contributed by atoms with Crippen LogP contribution >= 0.6 is 0 Å². The van der Waals surface area contributed by atoms with Crippen LogP contribution in [-0.4, -0.2) is 23.9 Å². The highest BCUT2D eigenvalue weighted by Crippen LogP contribution is 2.19. The second-order valence-electron chi connectivity index (χ2n) is 5.73. The van der Waals surface area contributed by atoms with E-state index in [2.05, 4.69) is 15.6 Å². The van der Waals surface area contributed by atoms with Gasteiger partial charge in [0, 0.05) is 30.2 Å². The summed E-state index contributed by atoms with van der Waals surface area (Å²) in [5.41, 5.74) is 0.502. The van der Waals surface area contributed by atoms with Crippen LogP contribution in [0, 0.1) is 11.6 Å². The average Bonchev–Trinajstić information content (AvgIpc) is 2.70. The number of amides is 2. The third-order valence-corrected chi connectivity index (χ3v) is 3.77. The Hall–Kier alpha value is -3.81. The molecule has 0 aliphatic carbocycles. The fourth-order valence-corrected chi connectivity index (χ4v) is 2.38. The molecule has 6 nitrogen and oxygen atoms in total. The molecule has 3 rings (SSSR count). The lowest BCUT2D eigenvalue weighted by molar-refractivity contribution is 0.102. The molecule has 2 N–H and O–H groups in total. The number of methoxy groups -OCH3 is 1. The molecule has 2 aromatic carbocycles. The van der Waals surface area contributed by atoms with Crippen LogP contribution in [0.1, 0.15) is 20.7 Å². The van der Waals surface area contributed by atoms with Gasteiger partial charge in [-0.2, -0.15) is 0 Å². The number of anilines is 2. The molecule has 3 aromatic rings. The van der Waals surface area contributed by atoms with Gasteiger partial charge in [0.15, 0.2) is 0 Å². The van der Waals surface area contributed by atoms with Crippen LogP contribution in [0.15, 0.2) is 60.9 Å². The van der Waals surface area contributed by atoms with Crippen molar-refractivity contribution in [2.75, 3.05) is 17.7 Å². The van der Waals surface area contributed by atoms with Crippen molar-refractivity contribution in [2.24, 2.45) is 0 Å². The second kappa shape index (κ2) is 8.26. The zero-order valence-electron chi connectivity index (χ0n) is 14.7. The normalized spacial score (nSPS) is 10.2. The lowest BCUT2D eigenvalue weighted by Gasteiger charge is -2.09. The van der Waals surface area contributed by atoms with Gasteiger partial charge >= 0.3 is 0 Å². The number of nitrogens with one attached hydrogen (secondary N) is 2. The minimum Gasteiger partial charge on any atom is -0.497 e. The maximum absolute atomic E-state index is 13.7. The number of pyridine rings is 1. The molecule has 8 heteroatoms. The van der Waals surface area contributed by atoms with Crippen molar-refractivity contribution in [3.05, 3.63) is 83.7 Å². The van der Waals surface area contributed by atoms with E-state index in [1.807, 2.05) is 0 Å². The van der Waals surface area contributed by atoms with Gasteiger partial charge in [0.2, 0.25) is 0 Å². The predicted molar refractivity (Wildman–Crippen MR) is 99.5 cm³/mol. The van der Waals surface area contributed by atoms with Crippen molar-refractivity contribution in [3.63, 3.8) is 0 Å². The number of carbonyl (C=O) groups is 2. The summed E-state index contributed by atoms with van der Waals surface area (Å²) in [5, 5.41) is 4.99. The summed E-state index contributed by atoms with van der Waals surface area (Å²) in [6.45, 7) is 0. The Balaban J connectivity index is 1.75. The Labute approximate surface area is 159 Å². The van der Waals surface area contributed by atoms with E-state index in [-0.39, 0.29) is 16.8 Å². The standard InChI is InChI=1S/C20H15F2N3O3/c1-28-16-4-2-3-15(9-16)24-19(26)12-7-13(11-23-10-12)20(27)25-18-6-5-14(21)8-17(18)22/h2-11H,1H3,(H,24,26)(H,25,27). The molecule has 0 atom stereocenters. The summed E-state index contributed by atoms with van der Waals surface area (Å²) in [6.07, 6.45) is 2.53. The Morgan fingerprint density at radius 1 is 0.929 bits per heavy atom. The van der Waals surface area contributed by atoms with Crippen LogP contribution in [0.4, 0.5) is 20.2 Å². The number of halogens is 2. The van der Waals surface area contributed by atoms with E-state index in [1.165, 1.54) is 25.6 Å². The molecule has 0 spiro atoms. The third-order valence-electron chi connectivity index (χ3n) is 3.77. The van der Waals surface area contributed by atoms with Gasteiger partial charge in [-0.15, -0.1) is 0 Å². The minimum absolute atomic E-state index is 0.0435. The molecule has 0 radical (unpaired) electrons. The van der Waals surface area contributed by atoms with E-state index in [4.69, 9.17) is 4.74 Å². The van der Waals surface area contributed by atoms with Gasteiger partial charge in [0.05, 0.1) is 23.9 Å². The molecule has 0 bridgehead atoms. The van der Waals surface area contributed by atoms with E-state index in [0.717, 1.165) is 12.1 Å². The minimum atomic E-state index is -0.909. The first kappa shape index (κ1) is 19.0. The zero-order valence-corrected chi connectivity index (χ0v) is 14.7. The molecule has 0 unspecified atom stereocenters. The van der Waals surface area contributed by atoms with Gasteiger partial charge in [0.25, 0.3) is 11.8 Å². The van der Waals surface area contributed by atoms with Crippen molar-refractivity contribution >= 4 is 23.2 Å². The first-order valence-corrected chi connectivity index (χ1v) is 8.13. The number of hydrogen-bond donors (Lipinski definition) is 2.